The van der Waals surface area contributed by atoms with Gasteiger partial charge in [0.15, 0.2) is 11.5 Å². The Bertz CT molecular complexity index is 1020. The Morgan fingerprint density at radius 1 is 0.969 bits per heavy atom. The zero-order valence-corrected chi connectivity index (χ0v) is 18.0. The molecule has 0 bridgehead atoms. The van der Waals surface area contributed by atoms with Crippen LogP contribution in [0.4, 0.5) is 5.69 Å². The SMILES string of the molecule is C[C@H]1CCCC[C@@H]1NC(=O)C(=O)Nc1ccccc1C(=O)NCc1ccc2c(c1)OCO2. The fraction of sp³-hybridized carbons (Fsp3) is 0.375. The second-order valence-corrected chi connectivity index (χ2v) is 8.21. The smallest absolute Gasteiger partial charge is 0.313 e. The summed E-state index contributed by atoms with van der Waals surface area (Å²) >= 11 is 0. The van der Waals surface area contributed by atoms with Crippen LogP contribution < -0.4 is 25.4 Å². The molecule has 2 aliphatic rings. The van der Waals surface area contributed by atoms with Gasteiger partial charge >= 0.3 is 11.8 Å². The molecule has 0 aromatic heterocycles. The van der Waals surface area contributed by atoms with Crippen molar-refractivity contribution in [1.29, 1.82) is 0 Å². The van der Waals surface area contributed by atoms with Crippen LogP contribution in [0.2, 0.25) is 0 Å². The molecule has 3 N–H and O–H groups in total. The number of rotatable bonds is 5. The minimum atomic E-state index is -0.779. The van der Waals surface area contributed by atoms with Gasteiger partial charge in [-0.2, -0.15) is 0 Å². The number of hydrogen-bond donors (Lipinski definition) is 3. The van der Waals surface area contributed by atoms with Crippen molar-refractivity contribution < 1.29 is 23.9 Å². The van der Waals surface area contributed by atoms with E-state index in [2.05, 4.69) is 22.9 Å². The van der Waals surface area contributed by atoms with Gasteiger partial charge in [0.1, 0.15) is 0 Å². The van der Waals surface area contributed by atoms with E-state index in [9.17, 15) is 14.4 Å². The van der Waals surface area contributed by atoms with Crippen LogP contribution in [0.15, 0.2) is 42.5 Å². The van der Waals surface area contributed by atoms with Crippen molar-refractivity contribution in [2.45, 2.75) is 45.2 Å². The largest absolute Gasteiger partial charge is 0.454 e. The lowest BCUT2D eigenvalue weighted by atomic mass is 9.86. The minimum Gasteiger partial charge on any atom is -0.454 e. The third-order valence-corrected chi connectivity index (χ3v) is 5.94. The number of carbonyl (C=O) groups excluding carboxylic acids is 3. The highest BCUT2D eigenvalue weighted by atomic mass is 16.7. The first-order valence-corrected chi connectivity index (χ1v) is 10.9. The van der Waals surface area contributed by atoms with Gasteiger partial charge in [-0.25, -0.2) is 0 Å². The maximum absolute atomic E-state index is 12.8. The number of fused-ring (bicyclic) bond motifs is 1. The standard InChI is InChI=1S/C24H27N3O5/c1-15-6-2-4-8-18(15)26-23(29)24(30)27-19-9-5-3-7-17(19)22(28)25-13-16-10-11-20-21(12-16)32-14-31-20/h3,5,7,9-12,15,18H,2,4,6,8,13-14H2,1H3,(H,25,28)(H,26,29)(H,27,30)/t15-,18-/m0/s1. The van der Waals surface area contributed by atoms with Crippen molar-refractivity contribution in [1.82, 2.24) is 10.6 Å². The zero-order chi connectivity index (χ0) is 22.5. The fourth-order valence-electron chi connectivity index (χ4n) is 4.06. The molecule has 1 fully saturated rings. The summed E-state index contributed by atoms with van der Waals surface area (Å²) in [5.74, 6) is -0.163. The third kappa shape index (κ3) is 5.01. The number of nitrogens with one attached hydrogen (secondary N) is 3. The van der Waals surface area contributed by atoms with Crippen LogP contribution in [0.1, 0.15) is 48.5 Å². The molecule has 1 aliphatic carbocycles. The monoisotopic (exact) mass is 437 g/mol. The second kappa shape index (κ2) is 9.72. The molecule has 2 aromatic carbocycles. The fourth-order valence-corrected chi connectivity index (χ4v) is 4.06. The molecule has 1 saturated carbocycles. The first-order valence-electron chi connectivity index (χ1n) is 10.9. The van der Waals surface area contributed by atoms with Crippen LogP contribution in [-0.2, 0) is 16.1 Å². The van der Waals surface area contributed by atoms with Crippen molar-refractivity contribution >= 4 is 23.4 Å². The lowest BCUT2D eigenvalue weighted by Gasteiger charge is -2.29. The van der Waals surface area contributed by atoms with E-state index in [0.29, 0.717) is 17.4 Å². The van der Waals surface area contributed by atoms with E-state index in [0.717, 1.165) is 31.2 Å². The van der Waals surface area contributed by atoms with Crippen LogP contribution >= 0.6 is 0 Å². The van der Waals surface area contributed by atoms with Gasteiger partial charge in [0.25, 0.3) is 5.91 Å². The highest BCUT2D eigenvalue weighted by Crippen LogP contribution is 2.32. The van der Waals surface area contributed by atoms with Crippen molar-refractivity contribution in [2.75, 3.05) is 12.1 Å². The maximum Gasteiger partial charge on any atom is 0.313 e. The van der Waals surface area contributed by atoms with Crippen LogP contribution in [0.3, 0.4) is 0 Å². The average molecular weight is 437 g/mol. The van der Waals surface area contributed by atoms with E-state index in [1.54, 1.807) is 30.3 Å². The van der Waals surface area contributed by atoms with E-state index in [-0.39, 0.29) is 36.5 Å². The van der Waals surface area contributed by atoms with Gasteiger partial charge in [0, 0.05) is 12.6 Å². The number of benzene rings is 2. The van der Waals surface area contributed by atoms with Crippen LogP contribution in [0, 0.1) is 5.92 Å². The van der Waals surface area contributed by atoms with Gasteiger partial charge < -0.3 is 25.4 Å². The van der Waals surface area contributed by atoms with Gasteiger partial charge in [-0.15, -0.1) is 0 Å². The molecule has 8 heteroatoms. The summed E-state index contributed by atoms with van der Waals surface area (Å²) in [7, 11) is 0. The van der Waals surface area contributed by atoms with Gasteiger partial charge in [0.05, 0.1) is 11.3 Å². The molecule has 0 saturated heterocycles. The average Bonchev–Trinajstić information content (AvgIpc) is 3.27. The normalized spacial score (nSPS) is 19.2. The lowest BCUT2D eigenvalue weighted by molar-refractivity contribution is -0.137. The Balaban J connectivity index is 1.36. The predicted molar refractivity (Wildman–Crippen MR) is 118 cm³/mol. The summed E-state index contributed by atoms with van der Waals surface area (Å²) in [5, 5.41) is 8.24. The molecule has 2 aromatic rings. The van der Waals surface area contributed by atoms with Crippen LogP contribution in [0.25, 0.3) is 0 Å². The molecular weight excluding hydrogens is 410 g/mol. The zero-order valence-electron chi connectivity index (χ0n) is 18.0. The predicted octanol–water partition coefficient (Wildman–Crippen LogP) is 2.98. The van der Waals surface area contributed by atoms with Gasteiger partial charge in [-0.3, -0.25) is 14.4 Å². The number of hydrogen-bond acceptors (Lipinski definition) is 5. The molecule has 0 unspecified atom stereocenters. The highest BCUT2D eigenvalue weighted by Gasteiger charge is 2.26. The van der Waals surface area contributed by atoms with E-state index >= 15 is 0 Å². The summed E-state index contributed by atoms with van der Waals surface area (Å²) in [6.45, 7) is 2.55. The van der Waals surface area contributed by atoms with Gasteiger partial charge in [-0.1, -0.05) is 38.0 Å². The third-order valence-electron chi connectivity index (χ3n) is 5.94. The summed E-state index contributed by atoms with van der Waals surface area (Å²) < 4.78 is 10.6. The molecule has 0 radical (unpaired) electrons. The summed E-state index contributed by atoms with van der Waals surface area (Å²) in [6, 6.07) is 12.1. The van der Waals surface area contributed by atoms with Crippen molar-refractivity contribution in [3.8, 4) is 11.5 Å². The van der Waals surface area contributed by atoms with Crippen molar-refractivity contribution in [3.05, 3.63) is 53.6 Å². The van der Waals surface area contributed by atoms with Crippen LogP contribution in [0.5, 0.6) is 11.5 Å². The number of para-hydroxylation sites is 1. The highest BCUT2D eigenvalue weighted by molar-refractivity contribution is 6.40. The molecule has 0 spiro atoms. The number of ether oxygens (including phenoxy) is 2. The molecule has 3 amide bonds. The van der Waals surface area contributed by atoms with Crippen molar-refractivity contribution in [2.24, 2.45) is 5.92 Å². The first kappa shape index (κ1) is 21.7. The second-order valence-electron chi connectivity index (χ2n) is 8.21. The van der Waals surface area contributed by atoms with Crippen molar-refractivity contribution in [3.63, 3.8) is 0 Å². The summed E-state index contributed by atoms with van der Waals surface area (Å²) in [6.07, 6.45) is 4.11. The Kier molecular flexibility index (Phi) is 6.58. The molecule has 32 heavy (non-hydrogen) atoms. The molecule has 168 valence electrons. The quantitative estimate of drug-likeness (QED) is 0.624. The Morgan fingerprint density at radius 3 is 2.59 bits per heavy atom. The maximum atomic E-state index is 12.8. The molecular formula is C24H27N3O5. The molecule has 2 atom stereocenters. The summed E-state index contributed by atoms with van der Waals surface area (Å²) in [4.78, 5) is 37.6. The molecule has 1 aliphatic heterocycles. The van der Waals surface area contributed by atoms with E-state index in [4.69, 9.17) is 9.47 Å². The Morgan fingerprint density at radius 2 is 1.75 bits per heavy atom. The summed E-state index contributed by atoms with van der Waals surface area (Å²) in [5.41, 5.74) is 1.41. The van der Waals surface area contributed by atoms with E-state index in [1.165, 1.54) is 0 Å². The van der Waals surface area contributed by atoms with E-state index in [1.807, 2.05) is 12.1 Å². The van der Waals surface area contributed by atoms with Gasteiger partial charge in [0.2, 0.25) is 6.79 Å². The Labute approximate surface area is 186 Å². The number of amides is 3. The topological polar surface area (TPSA) is 106 Å². The van der Waals surface area contributed by atoms with E-state index < -0.39 is 11.8 Å². The number of anilines is 1. The Hall–Kier alpha value is -3.55. The molecule has 1 heterocycles. The minimum absolute atomic E-state index is 0.00208. The lowest BCUT2D eigenvalue weighted by Crippen LogP contribution is -2.46. The number of carbonyl (C=O) groups is 3. The first-order chi connectivity index (χ1) is 15.5. The van der Waals surface area contributed by atoms with Crippen LogP contribution in [-0.4, -0.2) is 30.6 Å². The van der Waals surface area contributed by atoms with Gasteiger partial charge in [-0.05, 0) is 48.6 Å². The molecule has 4 rings (SSSR count). The molecule has 8 nitrogen and oxygen atoms in total.